The molecule has 3 heterocycles. The molecule has 0 bridgehead atoms. The zero-order chi connectivity index (χ0) is 15.6. The highest BCUT2D eigenvalue weighted by Gasteiger charge is 2.24. The highest BCUT2D eigenvalue weighted by molar-refractivity contribution is 5.80. The van der Waals surface area contributed by atoms with Crippen LogP contribution in [0.1, 0.15) is 24.4 Å². The van der Waals surface area contributed by atoms with Crippen molar-refractivity contribution in [2.45, 2.75) is 25.4 Å². The number of benzene rings is 1. The van der Waals surface area contributed by atoms with Crippen molar-refractivity contribution >= 4 is 17.0 Å². The summed E-state index contributed by atoms with van der Waals surface area (Å²) >= 11 is 0. The van der Waals surface area contributed by atoms with E-state index in [-0.39, 0.29) is 6.04 Å². The summed E-state index contributed by atoms with van der Waals surface area (Å²) in [5.41, 5.74) is 8.50. The summed E-state index contributed by atoms with van der Waals surface area (Å²) in [5.74, 6) is 0.387. The number of piperidine rings is 1. The molecule has 1 aliphatic rings. The second-order valence-electron chi connectivity index (χ2n) is 5.98. The molecule has 1 aliphatic heterocycles. The fourth-order valence-corrected chi connectivity index (χ4v) is 3.24. The van der Waals surface area contributed by atoms with E-state index in [2.05, 4.69) is 49.4 Å². The van der Waals surface area contributed by atoms with Gasteiger partial charge >= 0.3 is 0 Å². The number of fused-ring (bicyclic) bond motifs is 1. The van der Waals surface area contributed by atoms with Gasteiger partial charge in [-0.2, -0.15) is 0 Å². The second kappa shape index (κ2) is 5.92. The standard InChI is InChI=1S/C16H19N7/c17-15-14-16(19-11-18-15)23(21-20-14)13-7-4-8-22(10-13)9-12-5-2-1-3-6-12/h1-3,5-6,11,13H,4,7-10H2,(H2,17,18,19)/t13-/m0/s1. The molecular formula is C16H19N7. The van der Waals surface area contributed by atoms with Gasteiger partial charge in [-0.15, -0.1) is 5.10 Å². The highest BCUT2D eigenvalue weighted by Crippen LogP contribution is 2.25. The molecule has 1 saturated heterocycles. The van der Waals surface area contributed by atoms with Crippen molar-refractivity contribution in [3.05, 3.63) is 42.2 Å². The lowest BCUT2D eigenvalue weighted by Gasteiger charge is -2.32. The van der Waals surface area contributed by atoms with E-state index in [9.17, 15) is 0 Å². The minimum absolute atomic E-state index is 0.270. The maximum Gasteiger partial charge on any atom is 0.184 e. The van der Waals surface area contributed by atoms with E-state index in [4.69, 9.17) is 5.73 Å². The van der Waals surface area contributed by atoms with Gasteiger partial charge in [0, 0.05) is 13.1 Å². The van der Waals surface area contributed by atoms with Crippen LogP contribution in [0, 0.1) is 0 Å². The highest BCUT2D eigenvalue weighted by atomic mass is 15.5. The topological polar surface area (TPSA) is 85.7 Å². The summed E-state index contributed by atoms with van der Waals surface area (Å²) in [6.07, 6.45) is 3.69. The summed E-state index contributed by atoms with van der Waals surface area (Å²) < 4.78 is 1.91. The molecule has 118 valence electrons. The van der Waals surface area contributed by atoms with E-state index in [1.165, 1.54) is 11.9 Å². The Hall–Kier alpha value is -2.54. The van der Waals surface area contributed by atoms with Gasteiger partial charge in [-0.1, -0.05) is 35.5 Å². The normalized spacial score (nSPS) is 19.2. The quantitative estimate of drug-likeness (QED) is 0.791. The average molecular weight is 309 g/mol. The van der Waals surface area contributed by atoms with E-state index >= 15 is 0 Å². The van der Waals surface area contributed by atoms with E-state index < -0.39 is 0 Å². The van der Waals surface area contributed by atoms with Crippen LogP contribution in [0.4, 0.5) is 5.82 Å². The molecule has 1 fully saturated rings. The zero-order valence-electron chi connectivity index (χ0n) is 12.8. The van der Waals surface area contributed by atoms with Crippen LogP contribution < -0.4 is 5.73 Å². The maximum atomic E-state index is 5.85. The van der Waals surface area contributed by atoms with Crippen LogP contribution in [-0.4, -0.2) is 43.0 Å². The van der Waals surface area contributed by atoms with Crippen molar-refractivity contribution < 1.29 is 0 Å². The molecule has 0 saturated carbocycles. The average Bonchev–Trinajstić information content (AvgIpc) is 3.02. The SMILES string of the molecule is Nc1ncnc2c1nnn2[C@H]1CCCN(Cc2ccccc2)C1. The minimum Gasteiger partial charge on any atom is -0.382 e. The molecule has 1 atom stereocenters. The Morgan fingerprint density at radius 3 is 2.91 bits per heavy atom. The number of likely N-dealkylation sites (tertiary alicyclic amines) is 1. The number of nitrogen functional groups attached to an aromatic ring is 1. The van der Waals surface area contributed by atoms with Crippen molar-refractivity contribution in [1.82, 2.24) is 29.9 Å². The predicted molar refractivity (Wildman–Crippen MR) is 87.5 cm³/mol. The van der Waals surface area contributed by atoms with E-state index in [0.717, 1.165) is 38.1 Å². The zero-order valence-corrected chi connectivity index (χ0v) is 12.8. The van der Waals surface area contributed by atoms with Crippen molar-refractivity contribution in [2.75, 3.05) is 18.8 Å². The molecule has 1 aromatic carbocycles. The van der Waals surface area contributed by atoms with Gasteiger partial charge in [0.15, 0.2) is 17.0 Å². The molecular weight excluding hydrogens is 290 g/mol. The van der Waals surface area contributed by atoms with E-state index in [1.54, 1.807) is 0 Å². The second-order valence-corrected chi connectivity index (χ2v) is 5.98. The molecule has 0 radical (unpaired) electrons. The first-order valence-corrected chi connectivity index (χ1v) is 7.89. The summed E-state index contributed by atoms with van der Waals surface area (Å²) in [6, 6.07) is 10.8. The van der Waals surface area contributed by atoms with Crippen molar-refractivity contribution in [2.24, 2.45) is 0 Å². The van der Waals surface area contributed by atoms with Crippen LogP contribution >= 0.6 is 0 Å². The number of nitrogens with two attached hydrogens (primary N) is 1. The molecule has 0 unspecified atom stereocenters. The maximum absolute atomic E-state index is 5.85. The van der Waals surface area contributed by atoms with Crippen molar-refractivity contribution in [3.63, 3.8) is 0 Å². The number of hydrogen-bond donors (Lipinski definition) is 1. The molecule has 23 heavy (non-hydrogen) atoms. The molecule has 0 spiro atoms. The largest absolute Gasteiger partial charge is 0.382 e. The van der Waals surface area contributed by atoms with Crippen LogP contribution in [0.25, 0.3) is 11.2 Å². The smallest absolute Gasteiger partial charge is 0.184 e. The number of anilines is 1. The first kappa shape index (κ1) is 14.1. The van der Waals surface area contributed by atoms with Gasteiger partial charge in [0.25, 0.3) is 0 Å². The third kappa shape index (κ3) is 2.75. The van der Waals surface area contributed by atoms with Gasteiger partial charge in [0.2, 0.25) is 0 Å². The van der Waals surface area contributed by atoms with E-state index in [1.807, 2.05) is 10.7 Å². The Bertz CT molecular complexity index is 799. The van der Waals surface area contributed by atoms with Crippen LogP contribution in [0.2, 0.25) is 0 Å². The van der Waals surface area contributed by atoms with Gasteiger partial charge in [0.05, 0.1) is 6.04 Å². The van der Waals surface area contributed by atoms with Crippen LogP contribution in [0.3, 0.4) is 0 Å². The lowest BCUT2D eigenvalue weighted by Crippen LogP contribution is -2.36. The number of hydrogen-bond acceptors (Lipinski definition) is 6. The Labute approximate surface area is 134 Å². The summed E-state index contributed by atoms with van der Waals surface area (Å²) in [4.78, 5) is 10.8. The van der Waals surface area contributed by atoms with Gasteiger partial charge in [-0.05, 0) is 24.9 Å². The lowest BCUT2D eigenvalue weighted by molar-refractivity contribution is 0.164. The molecule has 3 aromatic rings. The summed E-state index contributed by atoms with van der Waals surface area (Å²) in [6.45, 7) is 3.01. The molecule has 7 nitrogen and oxygen atoms in total. The molecule has 0 amide bonds. The van der Waals surface area contributed by atoms with Crippen LogP contribution in [-0.2, 0) is 6.54 Å². The molecule has 7 heteroatoms. The monoisotopic (exact) mass is 309 g/mol. The van der Waals surface area contributed by atoms with Gasteiger partial charge in [-0.3, -0.25) is 4.90 Å². The molecule has 2 aromatic heterocycles. The Morgan fingerprint density at radius 2 is 2.04 bits per heavy atom. The Morgan fingerprint density at radius 1 is 1.17 bits per heavy atom. The third-order valence-electron chi connectivity index (χ3n) is 4.36. The number of aromatic nitrogens is 5. The van der Waals surface area contributed by atoms with Crippen LogP contribution in [0.15, 0.2) is 36.7 Å². The Kier molecular flexibility index (Phi) is 3.63. The van der Waals surface area contributed by atoms with Gasteiger partial charge in [-0.25, -0.2) is 14.6 Å². The van der Waals surface area contributed by atoms with E-state index in [0.29, 0.717) is 11.3 Å². The Balaban J connectivity index is 1.56. The first-order chi connectivity index (χ1) is 11.3. The van der Waals surface area contributed by atoms with Crippen molar-refractivity contribution in [3.8, 4) is 0 Å². The third-order valence-corrected chi connectivity index (χ3v) is 4.36. The fraction of sp³-hybridized carbons (Fsp3) is 0.375. The minimum atomic E-state index is 0.270. The first-order valence-electron chi connectivity index (χ1n) is 7.89. The summed E-state index contributed by atoms with van der Waals surface area (Å²) in [5, 5.41) is 8.43. The molecule has 4 rings (SSSR count). The van der Waals surface area contributed by atoms with Crippen LogP contribution in [0.5, 0.6) is 0 Å². The van der Waals surface area contributed by atoms with Gasteiger partial charge in [0.1, 0.15) is 6.33 Å². The molecule has 0 aliphatic carbocycles. The lowest BCUT2D eigenvalue weighted by atomic mass is 10.0. The molecule has 2 N–H and O–H groups in total. The number of nitrogens with zero attached hydrogens (tertiary/aromatic N) is 6. The fourth-order valence-electron chi connectivity index (χ4n) is 3.24. The predicted octanol–water partition coefficient (Wildman–Crippen LogP) is 1.64. The number of rotatable bonds is 3. The van der Waals surface area contributed by atoms with Crippen molar-refractivity contribution in [1.29, 1.82) is 0 Å². The van der Waals surface area contributed by atoms with Gasteiger partial charge < -0.3 is 5.73 Å². The summed E-state index contributed by atoms with van der Waals surface area (Å²) in [7, 11) is 0.